The van der Waals surface area contributed by atoms with Crippen LogP contribution >= 0.6 is 11.8 Å². The first kappa shape index (κ1) is 21.0. The summed E-state index contributed by atoms with van der Waals surface area (Å²) < 4.78 is 25.2. The van der Waals surface area contributed by atoms with Gasteiger partial charge < -0.3 is 0 Å². The number of nitrogens with one attached hydrogen (secondary N) is 1. The number of carbonyl (C=O) groups excluding carboxylic acids is 1. The largest absolute Gasteiger partial charge is 0.271 e. The summed E-state index contributed by atoms with van der Waals surface area (Å²) >= 11 is 1.64. The summed E-state index contributed by atoms with van der Waals surface area (Å²) in [5.41, 5.74) is 4.75. The van der Waals surface area contributed by atoms with Crippen LogP contribution in [-0.4, -0.2) is 39.6 Å². The maximum atomic E-state index is 12.2. The van der Waals surface area contributed by atoms with Gasteiger partial charge in [-0.15, -0.1) is 11.8 Å². The zero-order valence-electron chi connectivity index (χ0n) is 15.5. The Labute approximate surface area is 164 Å². The fourth-order valence-electron chi connectivity index (χ4n) is 2.33. The molecule has 0 aliphatic carbocycles. The molecule has 0 bridgehead atoms. The SMILES string of the molecule is CCc1ccc(N(CC(=O)N/N=C\c2ccc(SC)cc2)S(C)(=O)=O)cc1. The minimum absolute atomic E-state index is 0.340. The number of benzene rings is 2. The van der Waals surface area contributed by atoms with Crippen molar-refractivity contribution >= 4 is 39.6 Å². The first-order valence-electron chi connectivity index (χ1n) is 8.36. The molecule has 144 valence electrons. The molecule has 6 nitrogen and oxygen atoms in total. The fourth-order valence-corrected chi connectivity index (χ4v) is 3.60. The molecule has 8 heteroatoms. The number of carbonyl (C=O) groups is 1. The molecule has 0 unspecified atom stereocenters. The van der Waals surface area contributed by atoms with E-state index in [9.17, 15) is 13.2 Å². The Morgan fingerprint density at radius 3 is 2.30 bits per heavy atom. The van der Waals surface area contributed by atoms with Crippen molar-refractivity contribution in [3.8, 4) is 0 Å². The second kappa shape index (κ2) is 9.57. The van der Waals surface area contributed by atoms with Crippen LogP contribution in [0.2, 0.25) is 0 Å². The molecular weight excluding hydrogens is 382 g/mol. The Bertz CT molecular complexity index is 893. The van der Waals surface area contributed by atoms with E-state index in [4.69, 9.17) is 0 Å². The lowest BCUT2D eigenvalue weighted by Crippen LogP contribution is -2.39. The van der Waals surface area contributed by atoms with Crippen molar-refractivity contribution in [1.82, 2.24) is 5.43 Å². The molecule has 1 amide bonds. The molecular formula is C19H23N3O3S2. The van der Waals surface area contributed by atoms with Crippen LogP contribution in [0, 0.1) is 0 Å². The summed E-state index contributed by atoms with van der Waals surface area (Å²) in [6.07, 6.45) is 5.44. The summed E-state index contributed by atoms with van der Waals surface area (Å²) in [6.45, 7) is 1.68. The molecule has 27 heavy (non-hydrogen) atoms. The highest BCUT2D eigenvalue weighted by molar-refractivity contribution is 7.98. The van der Waals surface area contributed by atoms with E-state index in [0.717, 1.165) is 33.0 Å². The van der Waals surface area contributed by atoms with Gasteiger partial charge in [0.15, 0.2) is 0 Å². The van der Waals surface area contributed by atoms with Gasteiger partial charge in [0.25, 0.3) is 5.91 Å². The van der Waals surface area contributed by atoms with Crippen molar-refractivity contribution in [3.63, 3.8) is 0 Å². The van der Waals surface area contributed by atoms with E-state index >= 15 is 0 Å². The van der Waals surface area contributed by atoms with Gasteiger partial charge in [0, 0.05) is 4.90 Å². The number of hydrogen-bond donors (Lipinski definition) is 1. The van der Waals surface area contributed by atoms with Gasteiger partial charge in [0.1, 0.15) is 6.54 Å². The van der Waals surface area contributed by atoms with Gasteiger partial charge >= 0.3 is 0 Å². The number of hydrazone groups is 1. The van der Waals surface area contributed by atoms with Crippen molar-refractivity contribution < 1.29 is 13.2 Å². The molecule has 1 N–H and O–H groups in total. The maximum absolute atomic E-state index is 12.2. The normalized spacial score (nSPS) is 11.5. The summed E-state index contributed by atoms with van der Waals surface area (Å²) in [7, 11) is -3.60. The fraction of sp³-hybridized carbons (Fsp3) is 0.263. The minimum atomic E-state index is -3.60. The third-order valence-electron chi connectivity index (χ3n) is 3.84. The number of amides is 1. The van der Waals surface area contributed by atoms with E-state index < -0.39 is 15.9 Å². The monoisotopic (exact) mass is 405 g/mol. The molecule has 0 aliphatic rings. The number of anilines is 1. The van der Waals surface area contributed by atoms with Crippen LogP contribution in [0.3, 0.4) is 0 Å². The van der Waals surface area contributed by atoms with Crippen LogP contribution < -0.4 is 9.73 Å². The predicted octanol–water partition coefficient (Wildman–Crippen LogP) is 2.89. The first-order valence-corrected chi connectivity index (χ1v) is 11.4. The van der Waals surface area contributed by atoms with Crippen molar-refractivity contribution in [3.05, 3.63) is 59.7 Å². The molecule has 2 rings (SSSR count). The van der Waals surface area contributed by atoms with Crippen LogP contribution in [0.1, 0.15) is 18.1 Å². The van der Waals surface area contributed by atoms with Gasteiger partial charge in [-0.2, -0.15) is 5.10 Å². The molecule has 0 fully saturated rings. The van der Waals surface area contributed by atoms with Gasteiger partial charge in [-0.1, -0.05) is 31.2 Å². The predicted molar refractivity (Wildman–Crippen MR) is 112 cm³/mol. The Morgan fingerprint density at radius 2 is 1.78 bits per heavy atom. The Morgan fingerprint density at radius 1 is 1.15 bits per heavy atom. The first-order chi connectivity index (χ1) is 12.8. The zero-order valence-corrected chi connectivity index (χ0v) is 17.2. The Hall–Kier alpha value is -2.32. The van der Waals surface area contributed by atoms with Crippen LogP contribution in [0.5, 0.6) is 0 Å². The number of thioether (sulfide) groups is 1. The smallest absolute Gasteiger partial charge is 0.260 e. The third kappa shape index (κ3) is 6.41. The second-order valence-electron chi connectivity index (χ2n) is 5.86. The molecule has 0 spiro atoms. The van der Waals surface area contributed by atoms with Gasteiger partial charge in [0.05, 0.1) is 18.2 Å². The van der Waals surface area contributed by atoms with Gasteiger partial charge in [-0.25, -0.2) is 13.8 Å². The van der Waals surface area contributed by atoms with E-state index in [1.807, 2.05) is 49.6 Å². The zero-order chi connectivity index (χ0) is 19.9. The summed E-state index contributed by atoms with van der Waals surface area (Å²) in [4.78, 5) is 13.3. The molecule has 2 aromatic carbocycles. The second-order valence-corrected chi connectivity index (χ2v) is 8.64. The highest BCUT2D eigenvalue weighted by atomic mass is 32.2. The average molecular weight is 406 g/mol. The van der Waals surface area contributed by atoms with Crippen molar-refractivity contribution in [2.45, 2.75) is 18.2 Å². The minimum Gasteiger partial charge on any atom is -0.271 e. The lowest BCUT2D eigenvalue weighted by molar-refractivity contribution is -0.119. The molecule has 0 saturated heterocycles. The number of nitrogens with zero attached hydrogens (tertiary/aromatic N) is 2. The lowest BCUT2D eigenvalue weighted by Gasteiger charge is -2.21. The van der Waals surface area contributed by atoms with Crippen molar-refractivity contribution in [2.75, 3.05) is 23.4 Å². The molecule has 0 aliphatic heterocycles. The number of sulfonamides is 1. The highest BCUT2D eigenvalue weighted by Gasteiger charge is 2.20. The Kier molecular flexibility index (Phi) is 7.44. The van der Waals surface area contributed by atoms with Gasteiger partial charge in [-0.05, 0) is 48.1 Å². The topological polar surface area (TPSA) is 78.8 Å². The van der Waals surface area contributed by atoms with E-state index in [1.165, 1.54) is 6.21 Å². The number of hydrogen-bond acceptors (Lipinski definition) is 5. The summed E-state index contributed by atoms with van der Waals surface area (Å²) in [5.74, 6) is -0.517. The highest BCUT2D eigenvalue weighted by Crippen LogP contribution is 2.18. The Balaban J connectivity index is 2.03. The average Bonchev–Trinajstić information content (AvgIpc) is 2.66. The molecule has 2 aromatic rings. The van der Waals surface area contributed by atoms with Gasteiger partial charge in [-0.3, -0.25) is 9.10 Å². The third-order valence-corrected chi connectivity index (χ3v) is 5.72. The van der Waals surface area contributed by atoms with Crippen LogP contribution in [0.15, 0.2) is 58.5 Å². The molecule has 0 atom stereocenters. The van der Waals surface area contributed by atoms with E-state index in [2.05, 4.69) is 10.5 Å². The van der Waals surface area contributed by atoms with Gasteiger partial charge in [0.2, 0.25) is 10.0 Å². The van der Waals surface area contributed by atoms with Crippen LogP contribution in [0.25, 0.3) is 0 Å². The standard InChI is InChI=1S/C19H23N3O3S2/c1-4-15-5-9-17(10-6-15)22(27(3,24)25)14-19(23)21-20-13-16-7-11-18(26-2)12-8-16/h5-13H,4,14H2,1-3H3,(H,21,23)/b20-13-. The van der Waals surface area contributed by atoms with E-state index in [1.54, 1.807) is 23.9 Å². The van der Waals surface area contributed by atoms with Crippen molar-refractivity contribution in [2.24, 2.45) is 5.10 Å². The summed E-state index contributed by atoms with van der Waals surface area (Å²) in [6, 6.07) is 14.8. The van der Waals surface area contributed by atoms with E-state index in [-0.39, 0.29) is 6.54 Å². The number of aryl methyl sites for hydroxylation is 1. The lowest BCUT2D eigenvalue weighted by atomic mass is 10.1. The van der Waals surface area contributed by atoms with Crippen LogP contribution in [-0.2, 0) is 21.2 Å². The molecule has 0 saturated carbocycles. The van der Waals surface area contributed by atoms with E-state index in [0.29, 0.717) is 5.69 Å². The molecule has 0 heterocycles. The van der Waals surface area contributed by atoms with Crippen molar-refractivity contribution in [1.29, 1.82) is 0 Å². The molecule has 0 radical (unpaired) electrons. The number of rotatable bonds is 8. The van der Waals surface area contributed by atoms with Crippen LogP contribution in [0.4, 0.5) is 5.69 Å². The molecule has 0 aromatic heterocycles. The maximum Gasteiger partial charge on any atom is 0.260 e. The quantitative estimate of drug-likeness (QED) is 0.416. The summed E-state index contributed by atoms with van der Waals surface area (Å²) in [5, 5.41) is 3.90.